The third kappa shape index (κ3) is 3.83. The average Bonchev–Trinajstić information content (AvgIpc) is 3.36. The minimum atomic E-state index is 0. The van der Waals surface area contributed by atoms with E-state index in [-0.39, 0.29) is 36.8 Å². The number of rotatable bonds is 3. The Balaban J connectivity index is 0.00000121. The lowest BCUT2D eigenvalue weighted by molar-refractivity contribution is 0.0745. The number of amides is 1. The summed E-state index contributed by atoms with van der Waals surface area (Å²) in [5, 5.41) is 0.979. The number of carbonyl (C=O) groups excluding carboxylic acids is 1. The van der Waals surface area contributed by atoms with Crippen LogP contribution in [0, 0.1) is 12.8 Å². The molecule has 2 aliphatic rings. The topological polar surface area (TPSA) is 59.2 Å². The van der Waals surface area contributed by atoms with Crippen LogP contribution in [0.3, 0.4) is 0 Å². The van der Waals surface area contributed by atoms with E-state index in [2.05, 4.69) is 26.0 Å². The number of benzene rings is 1. The van der Waals surface area contributed by atoms with Crippen LogP contribution in [0.5, 0.6) is 0 Å². The van der Waals surface area contributed by atoms with Crippen LogP contribution < -0.4 is 5.73 Å². The fourth-order valence-corrected chi connectivity index (χ4v) is 3.88. The lowest BCUT2D eigenvalue weighted by Gasteiger charge is -2.23. The number of pyridine rings is 1. The number of halogens is 2. The van der Waals surface area contributed by atoms with E-state index in [9.17, 15) is 4.79 Å². The molecule has 2 aromatic rings. The maximum Gasteiger partial charge on any atom is 0.254 e. The molecule has 1 amide bonds. The summed E-state index contributed by atoms with van der Waals surface area (Å²) in [6.45, 7) is 5.61. The highest BCUT2D eigenvalue weighted by Crippen LogP contribution is 2.40. The van der Waals surface area contributed by atoms with Crippen LogP contribution in [0.4, 0.5) is 0 Å². The molecule has 1 saturated heterocycles. The number of nitrogens with zero attached hydrogens (tertiary/aromatic N) is 2. The van der Waals surface area contributed by atoms with Crippen molar-refractivity contribution in [3.05, 3.63) is 41.1 Å². The molecule has 0 radical (unpaired) electrons. The Morgan fingerprint density at radius 2 is 2.00 bits per heavy atom. The van der Waals surface area contributed by atoms with E-state index in [1.54, 1.807) is 0 Å². The molecule has 2 unspecified atom stereocenters. The van der Waals surface area contributed by atoms with Gasteiger partial charge in [0, 0.05) is 29.6 Å². The Labute approximate surface area is 167 Å². The van der Waals surface area contributed by atoms with Crippen LogP contribution in [0.15, 0.2) is 24.3 Å². The molecule has 2 N–H and O–H groups in total. The first kappa shape index (κ1) is 20.9. The molecule has 0 spiro atoms. The van der Waals surface area contributed by atoms with Crippen LogP contribution in [0.25, 0.3) is 10.9 Å². The second-order valence-corrected chi connectivity index (χ2v) is 7.53. The van der Waals surface area contributed by atoms with Gasteiger partial charge in [-0.15, -0.1) is 24.8 Å². The number of fused-ring (bicyclic) bond motifs is 1. The number of hydrogen-bond donors (Lipinski definition) is 1. The lowest BCUT2D eigenvalue weighted by atomic mass is 10.0. The first-order chi connectivity index (χ1) is 11.6. The quantitative estimate of drug-likeness (QED) is 0.851. The molecule has 1 aliphatic heterocycles. The predicted molar refractivity (Wildman–Crippen MR) is 111 cm³/mol. The van der Waals surface area contributed by atoms with Crippen molar-refractivity contribution < 1.29 is 4.79 Å². The SMILES string of the molecule is Cc1ccc2nc(C3CC3)cc(C(=O)N3CC(CN)CC3C)c2c1.Cl.Cl. The second-order valence-electron chi connectivity index (χ2n) is 7.53. The summed E-state index contributed by atoms with van der Waals surface area (Å²) in [6.07, 6.45) is 3.38. The van der Waals surface area contributed by atoms with Crippen molar-refractivity contribution in [2.24, 2.45) is 11.7 Å². The van der Waals surface area contributed by atoms with Crippen molar-refractivity contribution in [2.75, 3.05) is 13.1 Å². The molecule has 6 heteroatoms. The van der Waals surface area contributed by atoms with E-state index >= 15 is 0 Å². The summed E-state index contributed by atoms with van der Waals surface area (Å²) in [6, 6.07) is 8.51. The Kier molecular flexibility index (Phi) is 6.54. The maximum atomic E-state index is 13.3. The minimum absolute atomic E-state index is 0. The van der Waals surface area contributed by atoms with Crippen LogP contribution in [-0.4, -0.2) is 34.9 Å². The van der Waals surface area contributed by atoms with Crippen LogP contribution in [0.1, 0.15) is 53.7 Å². The van der Waals surface area contributed by atoms with Crippen LogP contribution >= 0.6 is 24.8 Å². The van der Waals surface area contributed by atoms with Crippen molar-refractivity contribution in [3.63, 3.8) is 0 Å². The van der Waals surface area contributed by atoms with Crippen molar-refractivity contribution in [2.45, 2.75) is 45.1 Å². The minimum Gasteiger partial charge on any atom is -0.336 e. The Morgan fingerprint density at radius 1 is 1.27 bits per heavy atom. The van der Waals surface area contributed by atoms with Gasteiger partial charge in [-0.3, -0.25) is 9.78 Å². The van der Waals surface area contributed by atoms with E-state index < -0.39 is 0 Å². The first-order valence-electron chi connectivity index (χ1n) is 8.99. The molecule has 1 aliphatic carbocycles. The third-order valence-corrected chi connectivity index (χ3v) is 5.47. The maximum absolute atomic E-state index is 13.3. The summed E-state index contributed by atoms with van der Waals surface area (Å²) in [7, 11) is 0. The monoisotopic (exact) mass is 395 g/mol. The Bertz CT molecular complexity index is 807. The van der Waals surface area contributed by atoms with Crippen molar-refractivity contribution in [1.82, 2.24) is 9.88 Å². The molecular weight excluding hydrogens is 369 g/mol. The number of hydrogen-bond acceptors (Lipinski definition) is 3. The summed E-state index contributed by atoms with van der Waals surface area (Å²) < 4.78 is 0. The van der Waals surface area contributed by atoms with Crippen molar-refractivity contribution in [3.8, 4) is 0 Å². The van der Waals surface area contributed by atoms with Gasteiger partial charge >= 0.3 is 0 Å². The molecular formula is C20H27Cl2N3O. The molecule has 1 aromatic carbocycles. The van der Waals surface area contributed by atoms with E-state index in [1.165, 1.54) is 12.8 Å². The Morgan fingerprint density at radius 3 is 2.62 bits per heavy atom. The average molecular weight is 396 g/mol. The zero-order valence-electron chi connectivity index (χ0n) is 15.3. The normalized spacial score (nSPS) is 22.0. The second kappa shape index (κ2) is 8.12. The number of aromatic nitrogens is 1. The zero-order valence-corrected chi connectivity index (χ0v) is 16.9. The van der Waals surface area contributed by atoms with E-state index in [0.29, 0.717) is 18.4 Å². The van der Waals surface area contributed by atoms with Gasteiger partial charge in [-0.05, 0) is 63.8 Å². The number of carbonyl (C=O) groups is 1. The van der Waals surface area contributed by atoms with Crippen molar-refractivity contribution in [1.29, 1.82) is 0 Å². The molecule has 142 valence electrons. The largest absolute Gasteiger partial charge is 0.336 e. The molecule has 26 heavy (non-hydrogen) atoms. The van der Waals surface area contributed by atoms with E-state index in [1.807, 2.05) is 17.0 Å². The molecule has 1 aromatic heterocycles. The highest BCUT2D eigenvalue weighted by atomic mass is 35.5. The highest BCUT2D eigenvalue weighted by Gasteiger charge is 2.34. The smallest absolute Gasteiger partial charge is 0.254 e. The van der Waals surface area contributed by atoms with Gasteiger partial charge in [0.2, 0.25) is 0 Å². The van der Waals surface area contributed by atoms with Gasteiger partial charge < -0.3 is 10.6 Å². The van der Waals surface area contributed by atoms with Gasteiger partial charge in [-0.2, -0.15) is 0 Å². The molecule has 2 atom stereocenters. The number of nitrogens with two attached hydrogens (primary N) is 1. The van der Waals surface area contributed by atoms with E-state index in [4.69, 9.17) is 10.7 Å². The molecule has 1 saturated carbocycles. The summed E-state index contributed by atoms with van der Waals surface area (Å²) in [4.78, 5) is 20.1. The molecule has 2 heterocycles. The van der Waals surface area contributed by atoms with E-state index in [0.717, 1.165) is 40.7 Å². The Hall–Kier alpha value is -1.36. The van der Waals surface area contributed by atoms with Crippen molar-refractivity contribution >= 4 is 41.6 Å². The number of likely N-dealkylation sites (tertiary alicyclic amines) is 1. The lowest BCUT2D eigenvalue weighted by Crippen LogP contribution is -2.34. The molecule has 4 rings (SSSR count). The van der Waals surface area contributed by atoms with Crippen LogP contribution in [-0.2, 0) is 0 Å². The van der Waals surface area contributed by atoms with Gasteiger partial charge in [0.25, 0.3) is 5.91 Å². The van der Waals surface area contributed by atoms with Gasteiger partial charge in [0.05, 0.1) is 11.1 Å². The highest BCUT2D eigenvalue weighted by molar-refractivity contribution is 6.06. The standard InChI is InChI=1S/C20H25N3O.2ClH/c1-12-3-6-18-16(7-12)17(9-19(22-18)15-4-5-15)20(24)23-11-14(10-21)8-13(23)2;;/h3,6-7,9,13-15H,4-5,8,10-11,21H2,1-2H3;2*1H. The molecule has 4 nitrogen and oxygen atoms in total. The summed E-state index contributed by atoms with van der Waals surface area (Å²) in [5.41, 5.74) is 9.83. The fraction of sp³-hybridized carbons (Fsp3) is 0.500. The fourth-order valence-electron chi connectivity index (χ4n) is 3.88. The van der Waals surface area contributed by atoms with Crippen LogP contribution in [0.2, 0.25) is 0 Å². The summed E-state index contributed by atoms with van der Waals surface area (Å²) in [5.74, 6) is 1.09. The molecule has 2 fully saturated rings. The van der Waals surface area contributed by atoms with Gasteiger partial charge in [0.1, 0.15) is 0 Å². The first-order valence-corrected chi connectivity index (χ1v) is 8.99. The van der Waals surface area contributed by atoms with Gasteiger partial charge in [-0.25, -0.2) is 0 Å². The zero-order chi connectivity index (χ0) is 16.8. The van der Waals surface area contributed by atoms with Gasteiger partial charge in [-0.1, -0.05) is 11.6 Å². The van der Waals surface area contributed by atoms with Gasteiger partial charge in [0.15, 0.2) is 0 Å². The molecule has 0 bridgehead atoms. The third-order valence-electron chi connectivity index (χ3n) is 5.47. The summed E-state index contributed by atoms with van der Waals surface area (Å²) >= 11 is 0. The predicted octanol–water partition coefficient (Wildman–Crippen LogP) is 4.07. The number of aryl methyl sites for hydroxylation is 1.